The molecule has 1 heterocycles. The summed E-state index contributed by atoms with van der Waals surface area (Å²) in [5.41, 5.74) is 2.22. The minimum absolute atomic E-state index is 0.0341. The Morgan fingerprint density at radius 2 is 1.83 bits per heavy atom. The van der Waals surface area contributed by atoms with Gasteiger partial charge in [0, 0.05) is 13.1 Å². The van der Waals surface area contributed by atoms with Crippen molar-refractivity contribution in [2.45, 2.75) is 31.6 Å². The van der Waals surface area contributed by atoms with E-state index in [1.54, 1.807) is 0 Å². The van der Waals surface area contributed by atoms with Gasteiger partial charge in [0.05, 0.1) is 17.4 Å². The predicted molar refractivity (Wildman–Crippen MR) is 112 cm³/mol. The molecule has 0 spiro atoms. The number of halogens is 1. The van der Waals surface area contributed by atoms with Crippen molar-refractivity contribution in [2.24, 2.45) is 5.92 Å². The summed E-state index contributed by atoms with van der Waals surface area (Å²) in [5.74, 6) is -0.336. The molecule has 0 bridgehead atoms. The Morgan fingerprint density at radius 3 is 2.50 bits per heavy atom. The van der Waals surface area contributed by atoms with Crippen LogP contribution in [0.15, 0.2) is 47.4 Å². The van der Waals surface area contributed by atoms with Crippen molar-refractivity contribution in [1.82, 2.24) is 9.62 Å². The molecule has 0 saturated carbocycles. The molecule has 1 fully saturated rings. The van der Waals surface area contributed by atoms with Gasteiger partial charge < -0.3 is 10.1 Å². The summed E-state index contributed by atoms with van der Waals surface area (Å²) in [6.45, 7) is 5.13. The van der Waals surface area contributed by atoms with E-state index in [2.05, 4.69) is 11.4 Å². The number of nitrogens with one attached hydrogen (secondary N) is 1. The number of carbonyl (C=O) groups is 1. The molecule has 162 valence electrons. The van der Waals surface area contributed by atoms with Crippen LogP contribution in [0.1, 0.15) is 24.0 Å². The summed E-state index contributed by atoms with van der Waals surface area (Å²) in [7, 11) is -3.75. The molecule has 0 radical (unpaired) electrons. The fraction of sp³-hybridized carbons (Fsp3) is 0.409. The average Bonchev–Trinajstić information content (AvgIpc) is 2.71. The topological polar surface area (TPSA) is 75.7 Å². The molecule has 2 aromatic rings. The maximum absolute atomic E-state index is 13.1. The molecular weight excluding hydrogens is 407 g/mol. The lowest BCUT2D eigenvalue weighted by Crippen LogP contribution is -2.45. The summed E-state index contributed by atoms with van der Waals surface area (Å²) >= 11 is 0. The van der Waals surface area contributed by atoms with Gasteiger partial charge in [0.15, 0.2) is 0 Å². The Kier molecular flexibility index (Phi) is 7.10. The first-order valence-electron chi connectivity index (χ1n) is 10.0. The van der Waals surface area contributed by atoms with Crippen molar-refractivity contribution in [2.75, 3.05) is 26.2 Å². The van der Waals surface area contributed by atoms with Gasteiger partial charge in [-0.3, -0.25) is 4.79 Å². The zero-order valence-corrected chi connectivity index (χ0v) is 18.0. The Balaban J connectivity index is 1.52. The minimum atomic E-state index is -3.75. The largest absolute Gasteiger partial charge is 0.492 e. The number of hydrogen-bond donors (Lipinski definition) is 1. The normalized spacial score (nSPS) is 17.5. The Morgan fingerprint density at radius 1 is 1.17 bits per heavy atom. The number of sulfonamides is 1. The molecule has 1 aliphatic heterocycles. The molecule has 30 heavy (non-hydrogen) atoms. The van der Waals surface area contributed by atoms with E-state index < -0.39 is 21.8 Å². The molecule has 1 amide bonds. The first-order valence-corrected chi connectivity index (χ1v) is 11.4. The first-order chi connectivity index (χ1) is 14.3. The van der Waals surface area contributed by atoms with Gasteiger partial charge in [-0.25, -0.2) is 12.8 Å². The van der Waals surface area contributed by atoms with E-state index in [9.17, 15) is 17.6 Å². The van der Waals surface area contributed by atoms with Crippen molar-refractivity contribution < 1.29 is 22.3 Å². The molecule has 1 atom stereocenters. The van der Waals surface area contributed by atoms with E-state index in [0.717, 1.165) is 29.0 Å². The highest BCUT2D eigenvalue weighted by Crippen LogP contribution is 2.24. The molecule has 1 saturated heterocycles. The predicted octanol–water partition coefficient (Wildman–Crippen LogP) is 3.04. The van der Waals surface area contributed by atoms with Crippen LogP contribution in [0.2, 0.25) is 0 Å². The SMILES string of the molecule is Cc1cc(C)cc(OCCNC(=O)C2CCCN(S(=O)(=O)c3ccc(F)cc3)C2)c1. The van der Waals surface area contributed by atoms with E-state index in [1.807, 2.05) is 26.0 Å². The van der Waals surface area contributed by atoms with E-state index in [4.69, 9.17) is 4.74 Å². The van der Waals surface area contributed by atoms with E-state index >= 15 is 0 Å². The van der Waals surface area contributed by atoms with Crippen LogP contribution in [0, 0.1) is 25.6 Å². The fourth-order valence-electron chi connectivity index (χ4n) is 3.63. The van der Waals surface area contributed by atoms with Crippen molar-refractivity contribution in [3.8, 4) is 5.75 Å². The number of benzene rings is 2. The van der Waals surface area contributed by atoms with Crippen LogP contribution in [0.25, 0.3) is 0 Å². The number of nitrogens with zero attached hydrogens (tertiary/aromatic N) is 1. The lowest BCUT2D eigenvalue weighted by Gasteiger charge is -2.31. The van der Waals surface area contributed by atoms with Crippen molar-refractivity contribution in [3.63, 3.8) is 0 Å². The summed E-state index contributed by atoms with van der Waals surface area (Å²) in [6, 6.07) is 10.7. The third-order valence-corrected chi connectivity index (χ3v) is 6.95. The van der Waals surface area contributed by atoms with Crippen LogP contribution >= 0.6 is 0 Å². The summed E-state index contributed by atoms with van der Waals surface area (Å²) in [4.78, 5) is 12.6. The van der Waals surface area contributed by atoms with Crippen LogP contribution in [-0.4, -0.2) is 44.9 Å². The fourth-order valence-corrected chi connectivity index (χ4v) is 5.16. The molecule has 0 aromatic heterocycles. The lowest BCUT2D eigenvalue weighted by atomic mass is 9.99. The van der Waals surface area contributed by atoms with E-state index in [1.165, 1.54) is 16.4 Å². The highest BCUT2D eigenvalue weighted by molar-refractivity contribution is 7.89. The standard InChI is InChI=1S/C22H27FN2O4S/c1-16-12-17(2)14-20(13-16)29-11-9-24-22(26)18-4-3-10-25(15-18)30(27,28)21-7-5-19(23)6-8-21/h5-8,12-14,18H,3-4,9-11,15H2,1-2H3,(H,24,26). The van der Waals surface area contributed by atoms with Crippen molar-refractivity contribution >= 4 is 15.9 Å². The van der Waals surface area contributed by atoms with Crippen molar-refractivity contribution in [1.29, 1.82) is 0 Å². The molecule has 1 aliphatic rings. The molecular formula is C22H27FN2O4S. The monoisotopic (exact) mass is 434 g/mol. The highest BCUT2D eigenvalue weighted by Gasteiger charge is 2.33. The number of piperidine rings is 1. The van der Waals surface area contributed by atoms with E-state index in [-0.39, 0.29) is 17.3 Å². The third-order valence-electron chi connectivity index (χ3n) is 5.07. The number of amides is 1. The van der Waals surface area contributed by atoms with Crippen LogP contribution in [0.4, 0.5) is 4.39 Å². The quantitative estimate of drug-likeness (QED) is 0.680. The van der Waals surface area contributed by atoms with Crippen LogP contribution in [0.5, 0.6) is 5.75 Å². The molecule has 2 aromatic carbocycles. The van der Waals surface area contributed by atoms with Gasteiger partial charge in [0.25, 0.3) is 0 Å². The van der Waals surface area contributed by atoms with Crippen LogP contribution in [0.3, 0.4) is 0 Å². The zero-order chi connectivity index (χ0) is 21.7. The zero-order valence-electron chi connectivity index (χ0n) is 17.2. The number of aryl methyl sites for hydroxylation is 2. The number of hydrogen-bond acceptors (Lipinski definition) is 4. The number of rotatable bonds is 7. The molecule has 3 rings (SSSR count). The van der Waals surface area contributed by atoms with Gasteiger partial charge in [-0.15, -0.1) is 0 Å². The number of carbonyl (C=O) groups excluding carboxylic acids is 1. The molecule has 8 heteroatoms. The first kappa shape index (κ1) is 22.2. The van der Waals surface area contributed by atoms with Gasteiger partial charge in [0.2, 0.25) is 15.9 Å². The Bertz CT molecular complexity index is 972. The summed E-state index contributed by atoms with van der Waals surface area (Å²) < 4.78 is 45.7. The molecule has 0 aliphatic carbocycles. The maximum Gasteiger partial charge on any atom is 0.243 e. The second kappa shape index (κ2) is 9.57. The van der Waals surface area contributed by atoms with Gasteiger partial charge in [-0.2, -0.15) is 4.31 Å². The van der Waals surface area contributed by atoms with E-state index in [0.29, 0.717) is 32.5 Å². The minimum Gasteiger partial charge on any atom is -0.492 e. The molecule has 1 N–H and O–H groups in total. The second-order valence-electron chi connectivity index (χ2n) is 7.62. The average molecular weight is 435 g/mol. The Labute approximate surface area is 177 Å². The van der Waals surface area contributed by atoms with Crippen LogP contribution in [-0.2, 0) is 14.8 Å². The van der Waals surface area contributed by atoms with Gasteiger partial charge in [-0.05, 0) is 74.2 Å². The smallest absolute Gasteiger partial charge is 0.243 e. The lowest BCUT2D eigenvalue weighted by molar-refractivity contribution is -0.126. The molecule has 6 nitrogen and oxygen atoms in total. The van der Waals surface area contributed by atoms with Gasteiger partial charge in [-0.1, -0.05) is 6.07 Å². The summed E-state index contributed by atoms with van der Waals surface area (Å²) in [5, 5.41) is 2.84. The second-order valence-corrected chi connectivity index (χ2v) is 9.56. The molecule has 1 unspecified atom stereocenters. The highest BCUT2D eigenvalue weighted by atomic mass is 32.2. The maximum atomic E-state index is 13.1. The van der Waals surface area contributed by atoms with Crippen LogP contribution < -0.4 is 10.1 Å². The van der Waals surface area contributed by atoms with Gasteiger partial charge >= 0.3 is 0 Å². The summed E-state index contributed by atoms with van der Waals surface area (Å²) in [6.07, 6.45) is 1.22. The Hall–Kier alpha value is -2.45. The third kappa shape index (κ3) is 5.58. The van der Waals surface area contributed by atoms with Gasteiger partial charge in [0.1, 0.15) is 18.2 Å². The van der Waals surface area contributed by atoms with Crippen molar-refractivity contribution in [3.05, 3.63) is 59.4 Å². The number of ether oxygens (including phenoxy) is 1.